The van der Waals surface area contributed by atoms with E-state index in [-0.39, 0.29) is 0 Å². The van der Waals surface area contributed by atoms with E-state index < -0.39 is 0 Å². The van der Waals surface area contributed by atoms with Crippen molar-refractivity contribution in [1.29, 1.82) is 0 Å². The molecule has 1 N–H and O–H groups in total. The van der Waals surface area contributed by atoms with Crippen molar-refractivity contribution >= 4 is 11.8 Å². The first-order valence-corrected chi connectivity index (χ1v) is 8.12. The molecule has 1 nitrogen and oxygen atoms in total. The summed E-state index contributed by atoms with van der Waals surface area (Å²) in [7, 11) is 2.10. The third-order valence-corrected chi connectivity index (χ3v) is 4.76. The molecule has 0 heterocycles. The highest BCUT2D eigenvalue weighted by atomic mass is 32.2. The second kappa shape index (κ2) is 6.90. The van der Waals surface area contributed by atoms with Crippen LogP contribution >= 0.6 is 11.8 Å². The monoisotopic (exact) mass is 243 g/mol. The molecule has 16 heavy (non-hydrogen) atoms. The third-order valence-electron chi connectivity index (χ3n) is 4.06. The first-order chi connectivity index (χ1) is 7.59. The average molecular weight is 243 g/mol. The molecule has 0 aliphatic heterocycles. The van der Waals surface area contributed by atoms with Crippen molar-refractivity contribution in [3.8, 4) is 0 Å². The van der Waals surface area contributed by atoms with E-state index in [4.69, 9.17) is 0 Å². The van der Waals surface area contributed by atoms with Crippen molar-refractivity contribution in [2.75, 3.05) is 25.6 Å². The highest BCUT2D eigenvalue weighted by molar-refractivity contribution is 7.98. The Kier molecular flexibility index (Phi) is 6.20. The fourth-order valence-corrected chi connectivity index (χ4v) is 3.60. The van der Waals surface area contributed by atoms with Crippen LogP contribution in [0.2, 0.25) is 0 Å². The number of rotatable bonds is 6. The summed E-state index contributed by atoms with van der Waals surface area (Å²) in [5.74, 6) is 3.23. The van der Waals surface area contributed by atoms with Crippen LogP contribution in [0.5, 0.6) is 0 Å². The first-order valence-electron chi connectivity index (χ1n) is 6.72. The Labute approximate surface area is 106 Å². The van der Waals surface area contributed by atoms with E-state index in [0.717, 1.165) is 11.8 Å². The molecule has 0 spiro atoms. The summed E-state index contributed by atoms with van der Waals surface area (Å²) in [6.45, 7) is 6.12. The number of hydrogen-bond donors (Lipinski definition) is 1. The van der Waals surface area contributed by atoms with Crippen molar-refractivity contribution in [2.45, 2.75) is 46.0 Å². The highest BCUT2D eigenvalue weighted by Crippen LogP contribution is 2.43. The maximum absolute atomic E-state index is 3.38. The molecule has 1 aliphatic rings. The van der Waals surface area contributed by atoms with E-state index >= 15 is 0 Å². The van der Waals surface area contributed by atoms with Crippen LogP contribution in [-0.2, 0) is 0 Å². The largest absolute Gasteiger partial charge is 0.319 e. The smallest absolute Gasteiger partial charge is 0.00209 e. The second-order valence-corrected chi connectivity index (χ2v) is 7.11. The maximum atomic E-state index is 3.38. The van der Waals surface area contributed by atoms with Gasteiger partial charge in [0.1, 0.15) is 0 Å². The van der Waals surface area contributed by atoms with Crippen molar-refractivity contribution in [3.63, 3.8) is 0 Å². The highest BCUT2D eigenvalue weighted by Gasteiger charge is 2.33. The first kappa shape index (κ1) is 14.4. The van der Waals surface area contributed by atoms with E-state index in [1.54, 1.807) is 0 Å². The Morgan fingerprint density at radius 3 is 2.69 bits per heavy atom. The molecule has 0 bridgehead atoms. The molecule has 0 aromatic carbocycles. The normalized spacial score (nSPS) is 29.2. The van der Waals surface area contributed by atoms with Crippen LogP contribution in [0.1, 0.15) is 46.0 Å². The Balaban J connectivity index is 2.43. The van der Waals surface area contributed by atoms with Gasteiger partial charge in [0.2, 0.25) is 0 Å². The lowest BCUT2D eigenvalue weighted by Crippen LogP contribution is -2.35. The van der Waals surface area contributed by atoms with E-state index in [2.05, 4.69) is 32.5 Å². The minimum atomic E-state index is 0.592. The SMILES string of the molecule is CNCC1CCC(C)(C)CC1CCCSC. The Bertz CT molecular complexity index is 191. The van der Waals surface area contributed by atoms with Gasteiger partial charge in [0.25, 0.3) is 0 Å². The minimum absolute atomic E-state index is 0.592. The van der Waals surface area contributed by atoms with Crippen LogP contribution in [0.4, 0.5) is 0 Å². The van der Waals surface area contributed by atoms with Crippen molar-refractivity contribution < 1.29 is 0 Å². The van der Waals surface area contributed by atoms with Gasteiger partial charge in [-0.25, -0.2) is 0 Å². The molecule has 1 fully saturated rings. The standard InChI is InChI=1S/C14H29NS/c1-14(2)8-7-13(11-15-3)12(10-14)6-5-9-16-4/h12-13,15H,5-11H2,1-4H3. The van der Waals surface area contributed by atoms with Crippen LogP contribution in [0.3, 0.4) is 0 Å². The Morgan fingerprint density at radius 1 is 1.31 bits per heavy atom. The van der Waals surface area contributed by atoms with Gasteiger partial charge in [-0.1, -0.05) is 13.8 Å². The number of nitrogens with one attached hydrogen (secondary N) is 1. The summed E-state index contributed by atoms with van der Waals surface area (Å²) in [5.41, 5.74) is 0.592. The predicted molar refractivity (Wildman–Crippen MR) is 76.2 cm³/mol. The molecule has 0 aromatic rings. The summed E-state index contributed by atoms with van der Waals surface area (Å²) in [6.07, 6.45) is 9.35. The summed E-state index contributed by atoms with van der Waals surface area (Å²) < 4.78 is 0. The molecule has 0 saturated heterocycles. The van der Waals surface area contributed by atoms with Crippen LogP contribution in [-0.4, -0.2) is 25.6 Å². The molecular formula is C14H29NS. The molecule has 96 valence electrons. The summed E-state index contributed by atoms with van der Waals surface area (Å²) in [6, 6.07) is 0. The Hall–Kier alpha value is 0.310. The van der Waals surface area contributed by atoms with Crippen LogP contribution in [0.15, 0.2) is 0 Å². The lowest BCUT2D eigenvalue weighted by molar-refractivity contribution is 0.111. The molecule has 0 radical (unpaired) electrons. The zero-order chi connectivity index (χ0) is 12.0. The van der Waals surface area contributed by atoms with Gasteiger partial charge in [0, 0.05) is 0 Å². The summed E-state index contributed by atoms with van der Waals surface area (Å²) in [4.78, 5) is 0. The van der Waals surface area contributed by atoms with Gasteiger partial charge in [0.15, 0.2) is 0 Å². The van der Waals surface area contributed by atoms with Crippen molar-refractivity contribution in [2.24, 2.45) is 17.3 Å². The van der Waals surface area contributed by atoms with Gasteiger partial charge < -0.3 is 5.32 Å². The van der Waals surface area contributed by atoms with E-state index in [9.17, 15) is 0 Å². The average Bonchev–Trinajstić information content (AvgIpc) is 2.22. The predicted octanol–water partition coefficient (Wildman–Crippen LogP) is 3.79. The molecule has 0 aromatic heterocycles. The van der Waals surface area contributed by atoms with Gasteiger partial charge in [-0.2, -0.15) is 11.8 Å². The molecule has 2 atom stereocenters. The molecule has 0 amide bonds. The molecular weight excluding hydrogens is 214 g/mol. The number of hydrogen-bond acceptors (Lipinski definition) is 2. The molecule has 1 saturated carbocycles. The maximum Gasteiger partial charge on any atom is -0.00209 e. The minimum Gasteiger partial charge on any atom is -0.319 e. The quantitative estimate of drug-likeness (QED) is 0.712. The van der Waals surface area contributed by atoms with Gasteiger partial charge in [0.05, 0.1) is 0 Å². The van der Waals surface area contributed by atoms with Gasteiger partial charge in [-0.05, 0) is 75.0 Å². The lowest BCUT2D eigenvalue weighted by Gasteiger charge is -2.41. The Morgan fingerprint density at radius 2 is 2.06 bits per heavy atom. The van der Waals surface area contributed by atoms with Crippen LogP contribution < -0.4 is 5.32 Å². The van der Waals surface area contributed by atoms with Crippen LogP contribution in [0, 0.1) is 17.3 Å². The summed E-state index contributed by atoms with van der Waals surface area (Å²) >= 11 is 1.99. The van der Waals surface area contributed by atoms with E-state index in [0.29, 0.717) is 5.41 Å². The second-order valence-electron chi connectivity index (χ2n) is 6.12. The lowest BCUT2D eigenvalue weighted by atomic mass is 9.66. The fraction of sp³-hybridized carbons (Fsp3) is 1.00. The van der Waals surface area contributed by atoms with Crippen LogP contribution in [0.25, 0.3) is 0 Å². The van der Waals surface area contributed by atoms with Crippen molar-refractivity contribution in [1.82, 2.24) is 5.32 Å². The topological polar surface area (TPSA) is 12.0 Å². The number of thioether (sulfide) groups is 1. The van der Waals surface area contributed by atoms with Crippen molar-refractivity contribution in [3.05, 3.63) is 0 Å². The van der Waals surface area contributed by atoms with Gasteiger partial charge in [-0.15, -0.1) is 0 Å². The molecule has 2 unspecified atom stereocenters. The molecule has 2 heteroatoms. The molecule has 1 rings (SSSR count). The third kappa shape index (κ3) is 4.67. The van der Waals surface area contributed by atoms with Gasteiger partial charge in [-0.3, -0.25) is 0 Å². The van der Waals surface area contributed by atoms with E-state index in [1.165, 1.54) is 44.4 Å². The zero-order valence-electron chi connectivity index (χ0n) is 11.5. The zero-order valence-corrected chi connectivity index (χ0v) is 12.3. The summed E-state index contributed by atoms with van der Waals surface area (Å²) in [5, 5.41) is 3.38. The van der Waals surface area contributed by atoms with E-state index in [1.807, 2.05) is 11.8 Å². The fourth-order valence-electron chi connectivity index (χ4n) is 3.15. The van der Waals surface area contributed by atoms with Gasteiger partial charge >= 0.3 is 0 Å². The molecule has 1 aliphatic carbocycles.